The van der Waals surface area contributed by atoms with Gasteiger partial charge in [0.25, 0.3) is 0 Å². The Morgan fingerprint density at radius 2 is 1.77 bits per heavy atom. The predicted molar refractivity (Wildman–Crippen MR) is 101 cm³/mol. The van der Waals surface area contributed by atoms with Crippen LogP contribution in [0.2, 0.25) is 5.02 Å². The number of benzene rings is 2. The first-order chi connectivity index (χ1) is 12.5. The number of ether oxygens (including phenoxy) is 2. The standard InChI is InChI=1S/C18H14ClNO4S2/c19-13-2-4-14(5-3-13)26(21,22)11-18-20-15(10-25-18)12-1-6-16-17(9-12)24-8-7-23-16/h1-6,9-10H,7-8,11H2. The molecule has 0 aliphatic carbocycles. The molecule has 0 unspecified atom stereocenters. The van der Waals surface area contributed by atoms with Gasteiger partial charge in [-0.05, 0) is 42.5 Å². The molecule has 1 aromatic heterocycles. The highest BCUT2D eigenvalue weighted by Crippen LogP contribution is 2.35. The van der Waals surface area contributed by atoms with Crippen molar-refractivity contribution in [2.45, 2.75) is 10.6 Å². The van der Waals surface area contributed by atoms with Gasteiger partial charge in [-0.1, -0.05) is 11.6 Å². The maximum atomic E-state index is 12.5. The van der Waals surface area contributed by atoms with E-state index in [0.717, 1.165) is 5.56 Å². The van der Waals surface area contributed by atoms with E-state index < -0.39 is 9.84 Å². The molecule has 1 aliphatic heterocycles. The molecule has 8 heteroatoms. The van der Waals surface area contributed by atoms with Crippen molar-refractivity contribution in [3.63, 3.8) is 0 Å². The van der Waals surface area contributed by atoms with E-state index in [1.807, 2.05) is 23.6 Å². The molecule has 134 valence electrons. The van der Waals surface area contributed by atoms with E-state index in [0.29, 0.717) is 40.4 Å². The van der Waals surface area contributed by atoms with Crippen molar-refractivity contribution in [1.29, 1.82) is 0 Å². The topological polar surface area (TPSA) is 65.5 Å². The van der Waals surface area contributed by atoms with Crippen molar-refractivity contribution in [1.82, 2.24) is 4.98 Å². The molecule has 0 bridgehead atoms. The number of thiazole rings is 1. The summed E-state index contributed by atoms with van der Waals surface area (Å²) >= 11 is 7.14. The summed E-state index contributed by atoms with van der Waals surface area (Å²) in [5.74, 6) is 1.24. The van der Waals surface area contributed by atoms with Gasteiger partial charge in [-0.2, -0.15) is 0 Å². The van der Waals surface area contributed by atoms with E-state index in [2.05, 4.69) is 4.98 Å². The van der Waals surface area contributed by atoms with Crippen LogP contribution in [-0.2, 0) is 15.6 Å². The van der Waals surface area contributed by atoms with Crippen LogP contribution in [-0.4, -0.2) is 26.6 Å². The molecule has 0 saturated heterocycles. The van der Waals surface area contributed by atoms with Gasteiger partial charge in [0.1, 0.15) is 24.0 Å². The molecule has 2 heterocycles. The molecular weight excluding hydrogens is 394 g/mol. The lowest BCUT2D eigenvalue weighted by Gasteiger charge is -2.18. The number of nitrogens with zero attached hydrogens (tertiary/aromatic N) is 1. The maximum absolute atomic E-state index is 12.5. The lowest BCUT2D eigenvalue weighted by Crippen LogP contribution is -2.15. The molecule has 4 rings (SSSR count). The summed E-state index contributed by atoms with van der Waals surface area (Å²) in [5.41, 5.74) is 1.58. The van der Waals surface area contributed by atoms with Crippen LogP contribution in [0, 0.1) is 0 Å². The minimum absolute atomic E-state index is 0.149. The summed E-state index contributed by atoms with van der Waals surface area (Å²) in [6.07, 6.45) is 0. The van der Waals surface area contributed by atoms with Crippen LogP contribution in [0.25, 0.3) is 11.3 Å². The van der Waals surface area contributed by atoms with Gasteiger partial charge >= 0.3 is 0 Å². The molecule has 0 spiro atoms. The number of halogens is 1. The van der Waals surface area contributed by atoms with Gasteiger partial charge in [0.05, 0.1) is 10.6 Å². The van der Waals surface area contributed by atoms with Crippen LogP contribution in [0.3, 0.4) is 0 Å². The van der Waals surface area contributed by atoms with Crippen molar-refractivity contribution < 1.29 is 17.9 Å². The molecule has 1 aliphatic rings. The van der Waals surface area contributed by atoms with Crippen LogP contribution in [0.1, 0.15) is 5.01 Å². The van der Waals surface area contributed by atoms with Crippen LogP contribution in [0.5, 0.6) is 11.5 Å². The fourth-order valence-corrected chi connectivity index (χ4v) is 5.16. The molecule has 26 heavy (non-hydrogen) atoms. The van der Waals surface area contributed by atoms with Gasteiger partial charge < -0.3 is 9.47 Å². The SMILES string of the molecule is O=S(=O)(Cc1nc(-c2ccc3c(c2)OCCO3)cs1)c1ccc(Cl)cc1. The Hall–Kier alpha value is -2.09. The molecule has 0 amide bonds. The summed E-state index contributed by atoms with van der Waals surface area (Å²) in [7, 11) is -3.47. The maximum Gasteiger partial charge on any atom is 0.184 e. The molecule has 5 nitrogen and oxygen atoms in total. The van der Waals surface area contributed by atoms with Gasteiger partial charge in [-0.3, -0.25) is 0 Å². The Kier molecular flexibility index (Phi) is 4.60. The van der Waals surface area contributed by atoms with E-state index >= 15 is 0 Å². The molecule has 0 atom stereocenters. The number of hydrogen-bond acceptors (Lipinski definition) is 6. The van der Waals surface area contributed by atoms with Crippen molar-refractivity contribution >= 4 is 32.8 Å². The van der Waals surface area contributed by atoms with E-state index in [1.165, 1.54) is 23.5 Å². The van der Waals surface area contributed by atoms with Crippen LogP contribution in [0.15, 0.2) is 52.7 Å². The first kappa shape index (κ1) is 17.3. The number of hydrogen-bond donors (Lipinski definition) is 0. The summed E-state index contributed by atoms with van der Waals surface area (Å²) in [5, 5.41) is 2.88. The normalized spacial score (nSPS) is 13.6. The molecule has 0 saturated carbocycles. The molecule has 0 fully saturated rings. The lowest BCUT2D eigenvalue weighted by atomic mass is 10.1. The Balaban J connectivity index is 1.57. The number of fused-ring (bicyclic) bond motifs is 1. The van der Waals surface area contributed by atoms with Crippen LogP contribution in [0.4, 0.5) is 0 Å². The Morgan fingerprint density at radius 1 is 1.04 bits per heavy atom. The van der Waals surface area contributed by atoms with E-state index in [4.69, 9.17) is 21.1 Å². The number of sulfone groups is 1. The second-order valence-corrected chi connectivity index (χ2v) is 9.07. The molecule has 3 aromatic rings. The first-order valence-corrected chi connectivity index (χ1v) is 10.7. The lowest BCUT2D eigenvalue weighted by molar-refractivity contribution is 0.171. The third kappa shape index (κ3) is 3.56. The van der Waals surface area contributed by atoms with Gasteiger partial charge in [-0.15, -0.1) is 11.3 Å². The average Bonchev–Trinajstić information content (AvgIpc) is 3.09. The van der Waals surface area contributed by atoms with Crippen molar-refractivity contribution in [2.75, 3.05) is 13.2 Å². The predicted octanol–water partition coefficient (Wildman–Crippen LogP) is 4.21. The molecular formula is C18H14ClNO4S2. The fraction of sp³-hybridized carbons (Fsp3) is 0.167. The summed E-state index contributed by atoms with van der Waals surface area (Å²) < 4.78 is 36.2. The van der Waals surface area contributed by atoms with E-state index in [-0.39, 0.29) is 10.6 Å². The van der Waals surface area contributed by atoms with Crippen LogP contribution < -0.4 is 9.47 Å². The van der Waals surface area contributed by atoms with Crippen LogP contribution >= 0.6 is 22.9 Å². The zero-order valence-corrected chi connectivity index (χ0v) is 15.9. The zero-order chi connectivity index (χ0) is 18.1. The van der Waals surface area contributed by atoms with E-state index in [9.17, 15) is 8.42 Å². The molecule has 0 N–H and O–H groups in total. The minimum atomic E-state index is -3.47. The Bertz CT molecular complexity index is 1050. The van der Waals surface area contributed by atoms with Gasteiger partial charge in [-0.25, -0.2) is 13.4 Å². The minimum Gasteiger partial charge on any atom is -0.486 e. The summed E-state index contributed by atoms with van der Waals surface area (Å²) in [4.78, 5) is 4.71. The summed E-state index contributed by atoms with van der Waals surface area (Å²) in [6, 6.07) is 11.7. The van der Waals surface area contributed by atoms with Gasteiger partial charge in [0.15, 0.2) is 21.3 Å². The van der Waals surface area contributed by atoms with Gasteiger partial charge in [0, 0.05) is 16.0 Å². The average molecular weight is 408 g/mol. The number of rotatable bonds is 4. The smallest absolute Gasteiger partial charge is 0.184 e. The molecule has 2 aromatic carbocycles. The Labute approximate surface area is 160 Å². The zero-order valence-electron chi connectivity index (χ0n) is 13.5. The highest BCUT2D eigenvalue weighted by atomic mass is 35.5. The highest BCUT2D eigenvalue weighted by molar-refractivity contribution is 7.90. The summed E-state index contributed by atoms with van der Waals surface area (Å²) in [6.45, 7) is 1.05. The fourth-order valence-electron chi connectivity index (χ4n) is 2.60. The third-order valence-electron chi connectivity index (χ3n) is 3.88. The van der Waals surface area contributed by atoms with Gasteiger partial charge in [0.2, 0.25) is 0 Å². The second kappa shape index (κ2) is 6.90. The van der Waals surface area contributed by atoms with E-state index in [1.54, 1.807) is 12.1 Å². The largest absolute Gasteiger partial charge is 0.486 e. The van der Waals surface area contributed by atoms with Crippen molar-refractivity contribution in [2.24, 2.45) is 0 Å². The Morgan fingerprint density at radius 3 is 2.54 bits per heavy atom. The second-order valence-electron chi connectivity index (χ2n) is 5.70. The highest BCUT2D eigenvalue weighted by Gasteiger charge is 2.19. The monoisotopic (exact) mass is 407 g/mol. The third-order valence-corrected chi connectivity index (χ3v) is 6.80. The van der Waals surface area contributed by atoms with Crippen molar-refractivity contribution in [3.05, 3.63) is 57.9 Å². The quantitative estimate of drug-likeness (QED) is 0.648. The van der Waals surface area contributed by atoms with Crippen molar-refractivity contribution in [3.8, 4) is 22.8 Å². The number of aromatic nitrogens is 1. The first-order valence-electron chi connectivity index (χ1n) is 7.84. The molecule has 0 radical (unpaired) electrons.